The molecule has 0 aliphatic heterocycles. The molecule has 2 N–H and O–H groups in total. The lowest BCUT2D eigenvalue weighted by Gasteiger charge is -2.30. The number of rotatable bonds is 43. The summed E-state index contributed by atoms with van der Waals surface area (Å²) in [6.45, 7) is 4.69. The topological polar surface area (TPSA) is 108 Å². The number of phosphoric ester groups is 1. The number of carbonyl (C=O) groups excluding carboxylic acids is 1. The van der Waals surface area contributed by atoms with E-state index < -0.39 is 20.0 Å². The van der Waals surface area contributed by atoms with E-state index in [-0.39, 0.29) is 19.1 Å². The van der Waals surface area contributed by atoms with Gasteiger partial charge in [-0.15, -0.1) is 0 Å². The molecule has 0 aromatic heterocycles. The average molecular weight is 813 g/mol. The minimum atomic E-state index is -4.57. The number of nitrogens with zero attached hydrogens (tertiary/aromatic N) is 1. The zero-order chi connectivity index (χ0) is 41.4. The lowest BCUT2D eigenvalue weighted by atomic mass is 10.0. The third-order valence-electron chi connectivity index (χ3n) is 10.7. The molecular formula is C47H93N2O6P. The van der Waals surface area contributed by atoms with E-state index in [0.29, 0.717) is 23.9 Å². The fourth-order valence-electron chi connectivity index (χ4n) is 6.91. The molecule has 0 aromatic rings. The molecule has 3 unspecified atom stereocenters. The van der Waals surface area contributed by atoms with Crippen molar-refractivity contribution in [1.82, 2.24) is 5.32 Å². The lowest BCUT2D eigenvalue weighted by molar-refractivity contribution is -0.870. The number of hydrogen-bond acceptors (Lipinski definition) is 6. The summed E-state index contributed by atoms with van der Waals surface area (Å²) in [5.41, 5.74) is 0. The maximum absolute atomic E-state index is 12.9. The summed E-state index contributed by atoms with van der Waals surface area (Å²) in [4.78, 5) is 25.4. The molecule has 0 bridgehead atoms. The molecular weight excluding hydrogens is 719 g/mol. The van der Waals surface area contributed by atoms with Crippen LogP contribution in [-0.2, 0) is 18.4 Å². The van der Waals surface area contributed by atoms with Crippen LogP contribution in [-0.4, -0.2) is 68.5 Å². The predicted molar refractivity (Wildman–Crippen MR) is 238 cm³/mol. The fraction of sp³-hybridized carbons (Fsp3) is 0.894. The van der Waals surface area contributed by atoms with Gasteiger partial charge in [-0.25, -0.2) is 0 Å². The number of aliphatic hydroxyl groups excluding tert-OH is 1. The molecule has 3 atom stereocenters. The highest BCUT2D eigenvalue weighted by molar-refractivity contribution is 7.45. The normalized spacial score (nSPS) is 14.5. The van der Waals surface area contributed by atoms with Gasteiger partial charge in [-0.05, 0) is 38.5 Å². The van der Waals surface area contributed by atoms with Crippen LogP contribution >= 0.6 is 7.82 Å². The lowest BCUT2D eigenvalue weighted by Crippen LogP contribution is -2.46. The summed E-state index contributed by atoms with van der Waals surface area (Å²) in [6.07, 6.45) is 46.1. The fourth-order valence-corrected chi connectivity index (χ4v) is 7.64. The van der Waals surface area contributed by atoms with E-state index in [1.165, 1.54) is 141 Å². The molecule has 0 fully saturated rings. The van der Waals surface area contributed by atoms with E-state index >= 15 is 0 Å². The second kappa shape index (κ2) is 39.4. The molecule has 0 saturated carbocycles. The van der Waals surface area contributed by atoms with Crippen molar-refractivity contribution in [2.24, 2.45) is 0 Å². The standard InChI is InChI=1S/C47H93N2O6P/c1-6-8-10-12-14-16-18-20-22-23-24-25-27-28-30-32-34-36-38-40-46(50)45(44-55-56(52,53)54-43-42-49(3,4)5)48-47(51)41-39-37-35-33-31-29-26-21-19-17-15-13-11-9-7-2/h15,17,19,21,45-46,50H,6-14,16,18,20,22-44H2,1-5H3,(H-,48,51,52,53)/b17-15-,21-19-. The Morgan fingerprint density at radius 1 is 0.625 bits per heavy atom. The molecule has 0 saturated heterocycles. The Kier molecular flexibility index (Phi) is 38.7. The number of likely N-dealkylation sites (N-methyl/N-ethyl adjacent to an activating group) is 1. The van der Waals surface area contributed by atoms with Crippen molar-refractivity contribution < 1.29 is 32.9 Å². The largest absolute Gasteiger partial charge is 0.756 e. The zero-order valence-corrected chi connectivity index (χ0v) is 38.5. The number of phosphoric acid groups is 1. The predicted octanol–water partition coefficient (Wildman–Crippen LogP) is 12.7. The summed E-state index contributed by atoms with van der Waals surface area (Å²) in [5, 5.41) is 13.9. The van der Waals surface area contributed by atoms with E-state index in [9.17, 15) is 19.4 Å². The third kappa shape index (κ3) is 41.2. The number of nitrogens with one attached hydrogen (secondary N) is 1. The van der Waals surface area contributed by atoms with Gasteiger partial charge in [0.15, 0.2) is 0 Å². The smallest absolute Gasteiger partial charge is 0.268 e. The number of amides is 1. The molecule has 0 aliphatic carbocycles. The summed E-state index contributed by atoms with van der Waals surface area (Å²) < 4.78 is 23.3. The van der Waals surface area contributed by atoms with Crippen molar-refractivity contribution in [2.45, 2.75) is 231 Å². The van der Waals surface area contributed by atoms with Crippen LogP contribution in [0.5, 0.6) is 0 Å². The van der Waals surface area contributed by atoms with Crippen molar-refractivity contribution in [3.05, 3.63) is 24.3 Å². The van der Waals surface area contributed by atoms with Crippen molar-refractivity contribution in [2.75, 3.05) is 40.9 Å². The summed E-state index contributed by atoms with van der Waals surface area (Å²) in [7, 11) is 1.30. The number of hydrogen-bond donors (Lipinski definition) is 2. The van der Waals surface area contributed by atoms with Gasteiger partial charge in [-0.3, -0.25) is 9.36 Å². The van der Waals surface area contributed by atoms with Crippen LogP contribution in [0.1, 0.15) is 219 Å². The third-order valence-corrected chi connectivity index (χ3v) is 11.7. The molecule has 0 spiro atoms. The van der Waals surface area contributed by atoms with E-state index in [1.807, 2.05) is 21.1 Å². The van der Waals surface area contributed by atoms with Gasteiger partial charge < -0.3 is 28.8 Å². The Hall–Kier alpha value is -1.02. The Labute approximate surface area is 347 Å². The van der Waals surface area contributed by atoms with E-state index in [0.717, 1.165) is 51.4 Å². The van der Waals surface area contributed by atoms with Gasteiger partial charge in [0.1, 0.15) is 13.2 Å². The van der Waals surface area contributed by atoms with Crippen molar-refractivity contribution in [3.63, 3.8) is 0 Å². The maximum atomic E-state index is 12.9. The molecule has 9 heteroatoms. The summed E-state index contributed by atoms with van der Waals surface area (Å²) in [6, 6.07) is -0.804. The van der Waals surface area contributed by atoms with Gasteiger partial charge in [0.2, 0.25) is 5.91 Å². The first-order valence-corrected chi connectivity index (χ1v) is 25.2. The molecule has 0 aromatic carbocycles. The number of carbonyl (C=O) groups is 1. The van der Waals surface area contributed by atoms with Gasteiger partial charge in [0.25, 0.3) is 7.82 Å². The Morgan fingerprint density at radius 2 is 1.02 bits per heavy atom. The van der Waals surface area contributed by atoms with Crippen molar-refractivity contribution in [3.8, 4) is 0 Å². The molecule has 0 radical (unpaired) electrons. The number of allylic oxidation sites excluding steroid dienone is 4. The molecule has 1 amide bonds. The average Bonchev–Trinajstić information content (AvgIpc) is 3.15. The maximum Gasteiger partial charge on any atom is 0.268 e. The number of unbranched alkanes of at least 4 members (excludes halogenated alkanes) is 27. The van der Waals surface area contributed by atoms with Crippen LogP contribution in [0.3, 0.4) is 0 Å². The highest BCUT2D eigenvalue weighted by atomic mass is 31.2. The minimum Gasteiger partial charge on any atom is -0.756 e. The van der Waals surface area contributed by atoms with Crippen LogP contribution in [0.25, 0.3) is 0 Å². The van der Waals surface area contributed by atoms with Gasteiger partial charge >= 0.3 is 0 Å². The first kappa shape index (κ1) is 55.0. The van der Waals surface area contributed by atoms with E-state index in [2.05, 4.69) is 43.5 Å². The monoisotopic (exact) mass is 813 g/mol. The van der Waals surface area contributed by atoms with Crippen LogP contribution in [0.4, 0.5) is 0 Å². The number of quaternary nitrogens is 1. The summed E-state index contributed by atoms with van der Waals surface area (Å²) in [5.74, 6) is -0.176. The van der Waals surface area contributed by atoms with Crippen LogP contribution < -0.4 is 10.2 Å². The first-order chi connectivity index (χ1) is 27.0. The second-order valence-electron chi connectivity index (χ2n) is 17.5. The minimum absolute atomic E-state index is 0.0104. The Bertz CT molecular complexity index is 969. The van der Waals surface area contributed by atoms with Gasteiger partial charge in [0.05, 0.1) is 39.9 Å². The van der Waals surface area contributed by atoms with E-state index in [1.54, 1.807) is 0 Å². The summed E-state index contributed by atoms with van der Waals surface area (Å²) >= 11 is 0. The van der Waals surface area contributed by atoms with Crippen molar-refractivity contribution in [1.29, 1.82) is 0 Å². The van der Waals surface area contributed by atoms with Gasteiger partial charge in [0, 0.05) is 6.42 Å². The molecule has 8 nitrogen and oxygen atoms in total. The number of aliphatic hydroxyl groups is 1. The molecule has 332 valence electrons. The van der Waals surface area contributed by atoms with Crippen molar-refractivity contribution >= 4 is 13.7 Å². The Morgan fingerprint density at radius 3 is 1.48 bits per heavy atom. The van der Waals surface area contributed by atoms with Crippen LogP contribution in [0, 0.1) is 0 Å². The van der Waals surface area contributed by atoms with Gasteiger partial charge in [-0.2, -0.15) is 0 Å². The van der Waals surface area contributed by atoms with E-state index in [4.69, 9.17) is 9.05 Å². The first-order valence-electron chi connectivity index (χ1n) is 23.7. The SMILES string of the molecule is CCCCC/C=C\C=C/CCCCCCCCC(=O)NC(COP(=O)([O-])OCC[N+](C)(C)C)C(O)CCCCCCCCCCCCCCCCCCCCC. The highest BCUT2D eigenvalue weighted by Gasteiger charge is 2.24. The van der Waals surface area contributed by atoms with Crippen LogP contribution in [0.15, 0.2) is 24.3 Å². The highest BCUT2D eigenvalue weighted by Crippen LogP contribution is 2.38. The quantitative estimate of drug-likeness (QED) is 0.0275. The Balaban J connectivity index is 4.32. The molecule has 0 aliphatic rings. The molecule has 0 heterocycles. The second-order valence-corrected chi connectivity index (χ2v) is 18.9. The van der Waals surface area contributed by atoms with Crippen LogP contribution in [0.2, 0.25) is 0 Å². The zero-order valence-electron chi connectivity index (χ0n) is 37.6. The molecule has 0 rings (SSSR count). The molecule has 56 heavy (non-hydrogen) atoms. The van der Waals surface area contributed by atoms with Gasteiger partial charge in [-0.1, -0.05) is 199 Å².